The van der Waals surface area contributed by atoms with Gasteiger partial charge >= 0.3 is 0 Å². The Morgan fingerprint density at radius 3 is 2.12 bits per heavy atom. The number of ether oxygens (including phenoxy) is 1. The maximum atomic E-state index is 12.7. The number of carbonyl (C=O) groups is 1. The van der Waals surface area contributed by atoms with Crippen molar-refractivity contribution >= 4 is 5.91 Å². The van der Waals surface area contributed by atoms with Gasteiger partial charge in [-0.2, -0.15) is 0 Å². The van der Waals surface area contributed by atoms with E-state index in [2.05, 4.69) is 50.0 Å². The fourth-order valence-corrected chi connectivity index (χ4v) is 4.10. The number of piperazine rings is 1. The van der Waals surface area contributed by atoms with Crippen molar-refractivity contribution in [3.63, 3.8) is 0 Å². The topological polar surface area (TPSA) is 44.8 Å². The van der Waals surface area contributed by atoms with E-state index in [0.29, 0.717) is 12.1 Å². The summed E-state index contributed by atoms with van der Waals surface area (Å²) in [5.41, 5.74) is 2.04. The van der Waals surface area contributed by atoms with Gasteiger partial charge in [-0.1, -0.05) is 12.1 Å². The van der Waals surface area contributed by atoms with Crippen LogP contribution in [0, 0.1) is 0 Å². The molecule has 1 amide bonds. The molecule has 2 fully saturated rings. The Labute approximate surface area is 151 Å². The van der Waals surface area contributed by atoms with E-state index in [1.165, 1.54) is 5.56 Å². The highest BCUT2D eigenvalue weighted by molar-refractivity contribution is 5.94. The Morgan fingerprint density at radius 2 is 1.56 bits per heavy atom. The number of carbonyl (C=O) groups excluding carboxylic acids is 1. The summed E-state index contributed by atoms with van der Waals surface area (Å²) in [6.07, 6.45) is 0.558. The zero-order valence-corrected chi connectivity index (χ0v) is 15.9. The first kappa shape index (κ1) is 18.4. The van der Waals surface area contributed by atoms with Crippen LogP contribution in [0.1, 0.15) is 43.6 Å². The molecule has 138 valence electrons. The van der Waals surface area contributed by atoms with E-state index in [0.717, 1.165) is 38.3 Å². The zero-order valence-electron chi connectivity index (χ0n) is 15.9. The van der Waals surface area contributed by atoms with Gasteiger partial charge in [0.25, 0.3) is 5.91 Å². The molecule has 5 nitrogen and oxygen atoms in total. The smallest absolute Gasteiger partial charge is 0.253 e. The number of amides is 1. The van der Waals surface area contributed by atoms with E-state index >= 15 is 0 Å². The van der Waals surface area contributed by atoms with Gasteiger partial charge in [-0.15, -0.1) is 0 Å². The molecule has 0 saturated carbocycles. The minimum atomic E-state index is 0.139. The summed E-state index contributed by atoms with van der Waals surface area (Å²) in [6.45, 7) is 12.9. The van der Waals surface area contributed by atoms with E-state index < -0.39 is 0 Å². The van der Waals surface area contributed by atoms with Crippen LogP contribution in [0.25, 0.3) is 0 Å². The third-order valence-electron chi connectivity index (χ3n) is 4.95. The van der Waals surface area contributed by atoms with Crippen LogP contribution < -0.4 is 5.32 Å². The minimum absolute atomic E-state index is 0.139. The second-order valence-electron chi connectivity index (χ2n) is 7.83. The molecule has 0 aromatic heterocycles. The first-order valence-electron chi connectivity index (χ1n) is 9.42. The van der Waals surface area contributed by atoms with E-state index in [9.17, 15) is 4.79 Å². The Kier molecular flexibility index (Phi) is 5.77. The van der Waals surface area contributed by atoms with Crippen LogP contribution in [0.15, 0.2) is 24.3 Å². The molecule has 4 atom stereocenters. The lowest BCUT2D eigenvalue weighted by atomic mass is 10.1. The molecule has 1 aromatic carbocycles. The van der Waals surface area contributed by atoms with Crippen molar-refractivity contribution in [2.24, 2.45) is 0 Å². The number of rotatable bonds is 3. The van der Waals surface area contributed by atoms with Crippen LogP contribution in [-0.4, -0.2) is 66.2 Å². The highest BCUT2D eigenvalue weighted by atomic mass is 16.5. The van der Waals surface area contributed by atoms with E-state index in [1.807, 2.05) is 17.0 Å². The third-order valence-corrected chi connectivity index (χ3v) is 4.95. The second-order valence-corrected chi connectivity index (χ2v) is 7.83. The molecular formula is C20H31N3O2. The SMILES string of the molecule is C[C@@H]1CN(C(=O)c2ccc(CN3C[C@@H](C)O[C@@H](C)C3)cc2)C[C@@H](C)N1. The van der Waals surface area contributed by atoms with Crippen LogP contribution in [0.3, 0.4) is 0 Å². The molecule has 0 spiro atoms. The Bertz CT molecular complexity index is 569. The summed E-state index contributed by atoms with van der Waals surface area (Å²) >= 11 is 0. The van der Waals surface area contributed by atoms with Crippen molar-refractivity contribution in [2.45, 2.75) is 58.5 Å². The van der Waals surface area contributed by atoms with Gasteiger partial charge in [-0.3, -0.25) is 9.69 Å². The predicted molar refractivity (Wildman–Crippen MR) is 99.7 cm³/mol. The van der Waals surface area contributed by atoms with E-state index in [4.69, 9.17) is 4.74 Å². The second kappa shape index (κ2) is 7.85. The van der Waals surface area contributed by atoms with Crippen molar-refractivity contribution in [1.29, 1.82) is 0 Å². The van der Waals surface area contributed by atoms with Gasteiger partial charge in [-0.05, 0) is 45.4 Å². The molecule has 0 radical (unpaired) electrons. The molecule has 1 N–H and O–H groups in total. The summed E-state index contributed by atoms with van der Waals surface area (Å²) in [5, 5.41) is 3.47. The van der Waals surface area contributed by atoms with Gasteiger partial charge < -0.3 is 15.0 Å². The standard InChI is InChI=1S/C20H31N3O2/c1-14-9-23(10-15(2)21-14)20(24)19-7-5-18(6-8-19)13-22-11-16(3)25-17(4)12-22/h5-8,14-17,21H,9-13H2,1-4H3/t14-,15-,16-,17+/m1/s1. The van der Waals surface area contributed by atoms with Gasteiger partial charge in [0.15, 0.2) is 0 Å². The van der Waals surface area contributed by atoms with Gasteiger partial charge in [0.05, 0.1) is 12.2 Å². The van der Waals surface area contributed by atoms with Crippen LogP contribution in [0.4, 0.5) is 0 Å². The fourth-order valence-electron chi connectivity index (χ4n) is 4.10. The molecular weight excluding hydrogens is 314 g/mol. The highest BCUT2D eigenvalue weighted by Crippen LogP contribution is 2.16. The van der Waals surface area contributed by atoms with Crippen LogP contribution >= 0.6 is 0 Å². The quantitative estimate of drug-likeness (QED) is 0.911. The average Bonchev–Trinajstić information content (AvgIpc) is 2.53. The molecule has 5 heteroatoms. The number of morpholine rings is 1. The maximum absolute atomic E-state index is 12.7. The molecule has 2 aliphatic rings. The van der Waals surface area contributed by atoms with Gasteiger partial charge in [0.2, 0.25) is 0 Å². The van der Waals surface area contributed by atoms with Gasteiger partial charge in [0.1, 0.15) is 0 Å². The Morgan fingerprint density at radius 1 is 1.00 bits per heavy atom. The largest absolute Gasteiger partial charge is 0.373 e. The number of nitrogens with one attached hydrogen (secondary N) is 1. The minimum Gasteiger partial charge on any atom is -0.373 e. The fraction of sp³-hybridized carbons (Fsp3) is 0.650. The monoisotopic (exact) mass is 345 g/mol. The average molecular weight is 345 g/mol. The predicted octanol–water partition coefficient (Wildman–Crippen LogP) is 2.12. The van der Waals surface area contributed by atoms with Crippen molar-refractivity contribution in [1.82, 2.24) is 15.1 Å². The number of nitrogens with zero attached hydrogens (tertiary/aromatic N) is 2. The molecule has 1 aromatic rings. The zero-order chi connectivity index (χ0) is 18.0. The van der Waals surface area contributed by atoms with Crippen molar-refractivity contribution < 1.29 is 9.53 Å². The maximum Gasteiger partial charge on any atom is 0.253 e. The van der Waals surface area contributed by atoms with E-state index in [-0.39, 0.29) is 18.1 Å². The summed E-state index contributed by atoms with van der Waals surface area (Å²) in [5.74, 6) is 0.139. The lowest BCUT2D eigenvalue weighted by Crippen LogP contribution is -2.55. The molecule has 2 heterocycles. The molecule has 2 saturated heterocycles. The summed E-state index contributed by atoms with van der Waals surface area (Å²) in [6, 6.07) is 8.82. The van der Waals surface area contributed by atoms with Gasteiger partial charge in [-0.25, -0.2) is 0 Å². The lowest BCUT2D eigenvalue weighted by molar-refractivity contribution is -0.0704. The van der Waals surface area contributed by atoms with Crippen LogP contribution in [-0.2, 0) is 11.3 Å². The summed E-state index contributed by atoms with van der Waals surface area (Å²) in [4.78, 5) is 17.1. The van der Waals surface area contributed by atoms with Crippen molar-refractivity contribution in [3.05, 3.63) is 35.4 Å². The van der Waals surface area contributed by atoms with Crippen LogP contribution in [0.2, 0.25) is 0 Å². The third kappa shape index (κ3) is 4.81. The lowest BCUT2D eigenvalue weighted by Gasteiger charge is -2.36. The summed E-state index contributed by atoms with van der Waals surface area (Å²) < 4.78 is 5.79. The summed E-state index contributed by atoms with van der Waals surface area (Å²) in [7, 11) is 0. The molecule has 0 aliphatic carbocycles. The normalized spacial score (nSPS) is 31.1. The molecule has 2 aliphatic heterocycles. The van der Waals surface area contributed by atoms with Crippen LogP contribution in [0.5, 0.6) is 0 Å². The highest BCUT2D eigenvalue weighted by Gasteiger charge is 2.26. The van der Waals surface area contributed by atoms with Crippen molar-refractivity contribution in [2.75, 3.05) is 26.2 Å². The molecule has 25 heavy (non-hydrogen) atoms. The molecule has 0 unspecified atom stereocenters. The Hall–Kier alpha value is -1.43. The first-order valence-corrected chi connectivity index (χ1v) is 9.42. The Balaban J connectivity index is 1.61. The number of hydrogen-bond donors (Lipinski definition) is 1. The molecule has 3 rings (SSSR count). The number of benzene rings is 1. The van der Waals surface area contributed by atoms with Crippen molar-refractivity contribution in [3.8, 4) is 0 Å². The van der Waals surface area contributed by atoms with Gasteiger partial charge in [0, 0.05) is 50.4 Å². The van der Waals surface area contributed by atoms with E-state index in [1.54, 1.807) is 0 Å². The molecule has 0 bridgehead atoms. The number of hydrogen-bond acceptors (Lipinski definition) is 4. The first-order chi connectivity index (χ1) is 11.9.